The molecule has 0 saturated heterocycles. The number of rotatable bonds is 10. The number of alkyl halides is 3. The van der Waals surface area contributed by atoms with E-state index >= 15 is 0 Å². The fourth-order valence-corrected chi connectivity index (χ4v) is 4.47. The molecule has 1 amide bonds. The predicted molar refractivity (Wildman–Crippen MR) is 134 cm³/mol. The van der Waals surface area contributed by atoms with E-state index in [0.717, 1.165) is 0 Å². The van der Waals surface area contributed by atoms with Crippen LogP contribution < -0.4 is 25.2 Å². The number of nitrogens with one attached hydrogen (secondary N) is 2. The predicted octanol–water partition coefficient (Wildman–Crippen LogP) is 4.16. The summed E-state index contributed by atoms with van der Waals surface area (Å²) in [6.45, 7) is 5.64. The van der Waals surface area contributed by atoms with Crippen LogP contribution in [-0.2, 0) is 14.8 Å². The van der Waals surface area contributed by atoms with Gasteiger partial charge in [0.25, 0.3) is 5.91 Å². The van der Waals surface area contributed by atoms with Gasteiger partial charge in [-0.25, -0.2) is 13.4 Å². The van der Waals surface area contributed by atoms with Gasteiger partial charge >= 0.3 is 6.18 Å². The van der Waals surface area contributed by atoms with Crippen LogP contribution in [0.5, 0.6) is 11.5 Å². The molecule has 3 rings (SSSR count). The number of ether oxygens (including phenoxy) is 2. The third-order valence-corrected chi connectivity index (χ3v) is 6.16. The number of amides is 1. The van der Waals surface area contributed by atoms with Crippen LogP contribution in [0.15, 0.2) is 48.7 Å². The quantitative estimate of drug-likeness (QED) is 0.349. The van der Waals surface area contributed by atoms with Crippen molar-refractivity contribution in [3.8, 4) is 11.5 Å². The second-order valence-electron chi connectivity index (χ2n) is 8.36. The Morgan fingerprint density at radius 1 is 1.11 bits per heavy atom. The Balaban J connectivity index is 2.03. The standard InChI is InChI=1S/C24H27F3N4O5S/c1-4-35-20-12-16(5-8-19(20)36-14(2)3)21(23(32)31-37(33,34)13-24(25,26)27)30-17-6-7-18-15(11-17)9-10-29-22(18)28/h5-12,14,21,30H,4,13H2,1-3H3,(H2,28,29)(H,31,32). The van der Waals surface area contributed by atoms with E-state index in [-0.39, 0.29) is 24.0 Å². The summed E-state index contributed by atoms with van der Waals surface area (Å²) in [7, 11) is -5.01. The maximum atomic E-state index is 13.1. The molecule has 1 aromatic heterocycles. The smallest absolute Gasteiger partial charge is 0.404 e. The molecule has 2 aromatic carbocycles. The van der Waals surface area contributed by atoms with Crippen molar-refractivity contribution in [2.24, 2.45) is 0 Å². The highest BCUT2D eigenvalue weighted by molar-refractivity contribution is 7.90. The van der Waals surface area contributed by atoms with Crippen molar-refractivity contribution < 1.29 is 35.9 Å². The van der Waals surface area contributed by atoms with E-state index in [2.05, 4.69) is 10.3 Å². The molecule has 1 atom stereocenters. The molecule has 1 unspecified atom stereocenters. The minimum Gasteiger partial charge on any atom is -0.490 e. The number of fused-ring (bicyclic) bond motifs is 1. The first-order chi connectivity index (χ1) is 17.3. The molecule has 3 aromatic rings. The largest absolute Gasteiger partial charge is 0.490 e. The summed E-state index contributed by atoms with van der Waals surface area (Å²) >= 11 is 0. The minimum atomic E-state index is -5.03. The van der Waals surface area contributed by atoms with Crippen molar-refractivity contribution in [1.29, 1.82) is 0 Å². The normalized spacial score (nSPS) is 12.8. The maximum Gasteiger partial charge on any atom is 0.404 e. The summed E-state index contributed by atoms with van der Waals surface area (Å²) < 4.78 is 75.2. The van der Waals surface area contributed by atoms with Gasteiger partial charge < -0.3 is 20.5 Å². The molecule has 13 heteroatoms. The van der Waals surface area contributed by atoms with E-state index < -0.39 is 33.9 Å². The van der Waals surface area contributed by atoms with Crippen molar-refractivity contribution in [3.63, 3.8) is 0 Å². The fourth-order valence-electron chi connectivity index (χ4n) is 3.55. The van der Waals surface area contributed by atoms with Crippen LogP contribution in [0.4, 0.5) is 24.7 Å². The Morgan fingerprint density at radius 3 is 2.49 bits per heavy atom. The van der Waals surface area contributed by atoms with Crippen LogP contribution in [0.25, 0.3) is 10.8 Å². The van der Waals surface area contributed by atoms with E-state index in [9.17, 15) is 26.4 Å². The number of benzene rings is 2. The van der Waals surface area contributed by atoms with Gasteiger partial charge in [0.2, 0.25) is 10.0 Å². The molecule has 37 heavy (non-hydrogen) atoms. The number of hydrogen-bond acceptors (Lipinski definition) is 8. The number of nitrogens with zero attached hydrogens (tertiary/aromatic N) is 1. The lowest BCUT2D eigenvalue weighted by atomic mass is 10.0. The molecule has 0 saturated carbocycles. The average Bonchev–Trinajstić information content (AvgIpc) is 2.76. The molecule has 9 nitrogen and oxygen atoms in total. The van der Waals surface area contributed by atoms with E-state index in [1.165, 1.54) is 23.1 Å². The van der Waals surface area contributed by atoms with Gasteiger partial charge in [-0.1, -0.05) is 6.07 Å². The molecular formula is C24H27F3N4O5S. The number of nitrogen functional groups attached to an aromatic ring is 1. The van der Waals surface area contributed by atoms with Crippen molar-refractivity contribution in [2.75, 3.05) is 23.4 Å². The first kappa shape index (κ1) is 27.8. The lowest BCUT2D eigenvalue weighted by molar-refractivity contribution is -0.120. The molecule has 0 radical (unpaired) electrons. The van der Waals surface area contributed by atoms with E-state index in [0.29, 0.717) is 28.0 Å². The number of nitrogens with two attached hydrogens (primary N) is 1. The minimum absolute atomic E-state index is 0.186. The SMILES string of the molecule is CCOc1cc(C(Nc2ccc3c(N)nccc3c2)C(=O)NS(=O)(=O)CC(F)(F)F)ccc1OC(C)C. The summed E-state index contributed by atoms with van der Waals surface area (Å²) in [6, 6.07) is 9.67. The van der Waals surface area contributed by atoms with Gasteiger partial charge in [0.05, 0.1) is 12.7 Å². The Labute approximate surface area is 212 Å². The first-order valence-corrected chi connectivity index (χ1v) is 12.9. The summed E-state index contributed by atoms with van der Waals surface area (Å²) in [5.41, 5.74) is 6.49. The Kier molecular flexibility index (Phi) is 8.36. The van der Waals surface area contributed by atoms with E-state index in [4.69, 9.17) is 15.2 Å². The topological polar surface area (TPSA) is 133 Å². The molecule has 1 heterocycles. The number of pyridine rings is 1. The Morgan fingerprint density at radius 2 is 1.84 bits per heavy atom. The average molecular weight is 541 g/mol. The highest BCUT2D eigenvalue weighted by Gasteiger charge is 2.37. The van der Waals surface area contributed by atoms with Gasteiger partial charge in [-0.05, 0) is 68.1 Å². The lowest BCUT2D eigenvalue weighted by Gasteiger charge is -2.22. The zero-order valence-electron chi connectivity index (χ0n) is 20.3. The van der Waals surface area contributed by atoms with Crippen molar-refractivity contribution in [1.82, 2.24) is 9.71 Å². The third kappa shape index (κ3) is 7.62. The van der Waals surface area contributed by atoms with Crippen LogP contribution in [0.1, 0.15) is 32.4 Å². The molecule has 0 aliphatic heterocycles. The number of carbonyl (C=O) groups is 1. The second-order valence-corrected chi connectivity index (χ2v) is 10.1. The van der Waals surface area contributed by atoms with Gasteiger partial charge in [-0.2, -0.15) is 13.2 Å². The molecule has 200 valence electrons. The second kappa shape index (κ2) is 11.1. The molecule has 0 aliphatic carbocycles. The van der Waals surface area contributed by atoms with E-state index in [1.54, 1.807) is 37.3 Å². The number of carbonyl (C=O) groups excluding carboxylic acids is 1. The number of sulfonamides is 1. The number of halogens is 3. The lowest BCUT2D eigenvalue weighted by Crippen LogP contribution is -2.41. The number of hydrogen-bond donors (Lipinski definition) is 3. The molecular weight excluding hydrogens is 513 g/mol. The fraction of sp³-hybridized carbons (Fsp3) is 0.333. The van der Waals surface area contributed by atoms with Crippen molar-refractivity contribution in [2.45, 2.75) is 39.1 Å². The summed E-state index contributed by atoms with van der Waals surface area (Å²) in [5.74, 6) is -2.45. The monoisotopic (exact) mass is 540 g/mol. The molecule has 4 N–H and O–H groups in total. The Hall–Kier alpha value is -3.74. The summed E-state index contributed by atoms with van der Waals surface area (Å²) in [4.78, 5) is 17.1. The van der Waals surface area contributed by atoms with Gasteiger partial charge in [-0.3, -0.25) is 9.52 Å². The zero-order valence-corrected chi connectivity index (χ0v) is 21.1. The van der Waals surface area contributed by atoms with E-state index in [1.807, 2.05) is 13.8 Å². The summed E-state index contributed by atoms with van der Waals surface area (Å²) in [6.07, 6.45) is -3.72. The third-order valence-electron chi connectivity index (χ3n) is 4.94. The van der Waals surface area contributed by atoms with Gasteiger partial charge in [0, 0.05) is 17.3 Å². The van der Waals surface area contributed by atoms with Gasteiger partial charge in [0.15, 0.2) is 17.3 Å². The highest BCUT2D eigenvalue weighted by atomic mass is 32.2. The maximum absolute atomic E-state index is 13.1. The van der Waals surface area contributed by atoms with Crippen LogP contribution in [0.2, 0.25) is 0 Å². The molecule has 0 aliphatic rings. The van der Waals surface area contributed by atoms with Crippen LogP contribution in [0.3, 0.4) is 0 Å². The number of anilines is 2. The van der Waals surface area contributed by atoms with Crippen LogP contribution >= 0.6 is 0 Å². The number of aromatic nitrogens is 1. The molecule has 0 spiro atoms. The van der Waals surface area contributed by atoms with Crippen molar-refractivity contribution >= 4 is 38.2 Å². The van der Waals surface area contributed by atoms with Crippen LogP contribution in [0, 0.1) is 0 Å². The van der Waals surface area contributed by atoms with Gasteiger partial charge in [-0.15, -0.1) is 0 Å². The summed E-state index contributed by atoms with van der Waals surface area (Å²) in [5, 5.41) is 4.23. The Bertz CT molecular complexity index is 1380. The zero-order chi connectivity index (χ0) is 27.4. The molecule has 0 bridgehead atoms. The highest BCUT2D eigenvalue weighted by Crippen LogP contribution is 2.33. The van der Waals surface area contributed by atoms with Crippen LogP contribution in [-0.4, -0.2) is 43.9 Å². The van der Waals surface area contributed by atoms with Crippen molar-refractivity contribution in [3.05, 3.63) is 54.2 Å². The molecule has 0 fully saturated rings. The first-order valence-electron chi connectivity index (χ1n) is 11.2. The van der Waals surface area contributed by atoms with Gasteiger partial charge in [0.1, 0.15) is 11.9 Å².